The van der Waals surface area contributed by atoms with Gasteiger partial charge in [0.05, 0.1) is 0 Å². The van der Waals surface area contributed by atoms with Crippen LogP contribution in [0.1, 0.15) is 0 Å². The molecule has 0 spiro atoms. The molecule has 3 nitrogen and oxygen atoms in total. The van der Waals surface area contributed by atoms with Crippen LogP contribution in [-0.2, 0) is 0 Å². The molecule has 3 heterocycles. The molecule has 0 atom stereocenters. The highest BCUT2D eigenvalue weighted by Crippen LogP contribution is 2.42. The Bertz CT molecular complexity index is 2850. The van der Waals surface area contributed by atoms with Crippen molar-refractivity contribution in [1.29, 1.82) is 0 Å². The maximum atomic E-state index is 5.14. The predicted molar refractivity (Wildman–Crippen MR) is 213 cm³/mol. The summed E-state index contributed by atoms with van der Waals surface area (Å²) in [5.41, 5.74) is 7.71. The fourth-order valence-electron chi connectivity index (χ4n) is 6.89. The second-order valence-electron chi connectivity index (χ2n) is 12.4. The highest BCUT2D eigenvalue weighted by atomic mass is 32.1. The van der Waals surface area contributed by atoms with Crippen LogP contribution in [-0.4, -0.2) is 15.0 Å². The lowest BCUT2D eigenvalue weighted by atomic mass is 9.99. The van der Waals surface area contributed by atoms with Crippen LogP contribution in [0, 0.1) is 0 Å². The smallest absolute Gasteiger partial charge is 0.164 e. The Morgan fingerprint density at radius 1 is 0.300 bits per heavy atom. The molecule has 0 aliphatic carbocycles. The normalized spacial score (nSPS) is 11.6. The minimum atomic E-state index is 0.656. The van der Waals surface area contributed by atoms with E-state index in [0.717, 1.165) is 22.3 Å². The number of nitrogens with zero attached hydrogens (tertiary/aromatic N) is 3. The summed E-state index contributed by atoms with van der Waals surface area (Å²) in [7, 11) is 0. The summed E-state index contributed by atoms with van der Waals surface area (Å²) in [4.78, 5) is 15.3. The van der Waals surface area contributed by atoms with Gasteiger partial charge in [0.25, 0.3) is 0 Å². The van der Waals surface area contributed by atoms with Crippen LogP contribution in [0.15, 0.2) is 164 Å². The lowest BCUT2D eigenvalue weighted by molar-refractivity contribution is 1.08. The van der Waals surface area contributed by atoms with Crippen molar-refractivity contribution in [1.82, 2.24) is 15.0 Å². The molecule has 0 unspecified atom stereocenters. The molecule has 10 rings (SSSR count). The first-order chi connectivity index (χ1) is 24.7. The lowest BCUT2D eigenvalue weighted by Gasteiger charge is -2.10. The van der Waals surface area contributed by atoms with Gasteiger partial charge >= 0.3 is 0 Å². The van der Waals surface area contributed by atoms with Crippen molar-refractivity contribution >= 4 is 63.0 Å². The van der Waals surface area contributed by atoms with E-state index in [0.29, 0.717) is 17.5 Å². The quantitative estimate of drug-likeness (QED) is 0.182. The van der Waals surface area contributed by atoms with Crippen molar-refractivity contribution in [2.75, 3.05) is 0 Å². The van der Waals surface area contributed by atoms with E-state index in [1.165, 1.54) is 57.0 Å². The minimum absolute atomic E-state index is 0.656. The first kappa shape index (κ1) is 29.0. The maximum absolute atomic E-state index is 5.14. The molecule has 5 heteroatoms. The number of thiophene rings is 2. The molecule has 7 aromatic carbocycles. The molecule has 50 heavy (non-hydrogen) atoms. The van der Waals surface area contributed by atoms with Gasteiger partial charge in [-0.3, -0.25) is 0 Å². The summed E-state index contributed by atoms with van der Waals surface area (Å²) in [5, 5.41) is 5.07. The van der Waals surface area contributed by atoms with Crippen molar-refractivity contribution in [3.05, 3.63) is 164 Å². The van der Waals surface area contributed by atoms with Crippen LogP contribution in [0.3, 0.4) is 0 Å². The Morgan fingerprint density at radius 2 is 0.780 bits per heavy atom. The molecule has 0 N–H and O–H groups in total. The third-order valence-corrected chi connectivity index (χ3v) is 11.6. The van der Waals surface area contributed by atoms with E-state index >= 15 is 0 Å². The van der Waals surface area contributed by atoms with E-state index in [4.69, 9.17) is 15.0 Å². The first-order valence-corrected chi connectivity index (χ1v) is 18.2. The van der Waals surface area contributed by atoms with Gasteiger partial charge in [0.15, 0.2) is 17.5 Å². The average molecular weight is 674 g/mol. The SMILES string of the molecule is c1ccc(-c2ccc(-c3nc(-c4ccc5c(c4)sc4ccccc45)nc(-c4ccc5c(c4)sc4cccc(-c6ccccc6)c45)n3)cc2)cc1. The van der Waals surface area contributed by atoms with Crippen LogP contribution in [0.2, 0.25) is 0 Å². The van der Waals surface area contributed by atoms with E-state index < -0.39 is 0 Å². The summed E-state index contributed by atoms with van der Waals surface area (Å²) in [5.74, 6) is 1.99. The molecule has 0 radical (unpaired) electrons. The van der Waals surface area contributed by atoms with Crippen molar-refractivity contribution in [3.63, 3.8) is 0 Å². The molecule has 0 aliphatic heterocycles. The number of rotatable bonds is 5. The number of hydrogen-bond donors (Lipinski definition) is 0. The Labute approximate surface area is 296 Å². The predicted octanol–water partition coefficient (Wildman–Crippen LogP) is 12.9. The van der Waals surface area contributed by atoms with Gasteiger partial charge in [-0.05, 0) is 46.5 Å². The van der Waals surface area contributed by atoms with Gasteiger partial charge < -0.3 is 0 Å². The van der Waals surface area contributed by atoms with Crippen LogP contribution in [0.25, 0.3) is 96.8 Å². The topological polar surface area (TPSA) is 38.7 Å². The van der Waals surface area contributed by atoms with Crippen molar-refractivity contribution in [2.45, 2.75) is 0 Å². The summed E-state index contributed by atoms with van der Waals surface area (Å²) in [6.07, 6.45) is 0. The first-order valence-electron chi connectivity index (χ1n) is 16.6. The number of aromatic nitrogens is 3. The van der Waals surface area contributed by atoms with Gasteiger partial charge in [-0.2, -0.15) is 0 Å². The van der Waals surface area contributed by atoms with Gasteiger partial charge in [-0.15, -0.1) is 22.7 Å². The Hall–Kier alpha value is -6.01. The molecule has 3 aromatic heterocycles. The highest BCUT2D eigenvalue weighted by molar-refractivity contribution is 7.26. The molecule has 0 aliphatic rings. The number of hydrogen-bond acceptors (Lipinski definition) is 5. The van der Waals surface area contributed by atoms with Gasteiger partial charge in [0.2, 0.25) is 0 Å². The standard InChI is InChI=1S/C45H27N3S2/c1-3-10-28(11-4-1)29-18-20-31(21-19-29)43-46-44(32-22-24-36-35-14-7-8-16-38(35)49-40(36)26-32)48-45(47-43)33-23-25-37-41(27-33)50-39-17-9-15-34(42(37)39)30-12-5-2-6-13-30/h1-27H. The molecule has 0 bridgehead atoms. The number of fused-ring (bicyclic) bond motifs is 6. The van der Waals surface area contributed by atoms with E-state index in [9.17, 15) is 0 Å². The van der Waals surface area contributed by atoms with Crippen LogP contribution >= 0.6 is 22.7 Å². The summed E-state index contributed by atoms with van der Waals surface area (Å²) in [6, 6.07) is 58.0. The van der Waals surface area contributed by atoms with Gasteiger partial charge in [-0.1, -0.05) is 140 Å². The summed E-state index contributed by atoms with van der Waals surface area (Å²) in [6.45, 7) is 0. The Morgan fingerprint density at radius 3 is 1.50 bits per heavy atom. The van der Waals surface area contributed by atoms with E-state index in [-0.39, 0.29) is 0 Å². The monoisotopic (exact) mass is 673 g/mol. The molecular weight excluding hydrogens is 647 g/mol. The number of benzene rings is 7. The molecule has 0 amide bonds. The zero-order valence-electron chi connectivity index (χ0n) is 26.7. The maximum Gasteiger partial charge on any atom is 0.164 e. The van der Waals surface area contributed by atoms with Gasteiger partial charge in [0.1, 0.15) is 0 Å². The largest absolute Gasteiger partial charge is 0.208 e. The molecule has 0 fully saturated rings. The van der Waals surface area contributed by atoms with Gasteiger partial charge in [-0.25, -0.2) is 15.0 Å². The Balaban J connectivity index is 1.13. The van der Waals surface area contributed by atoms with Crippen molar-refractivity contribution in [3.8, 4) is 56.4 Å². The van der Waals surface area contributed by atoms with E-state index in [1.54, 1.807) is 11.3 Å². The highest BCUT2D eigenvalue weighted by Gasteiger charge is 2.17. The van der Waals surface area contributed by atoms with Crippen molar-refractivity contribution in [2.24, 2.45) is 0 Å². The van der Waals surface area contributed by atoms with E-state index in [1.807, 2.05) is 17.4 Å². The molecule has 0 saturated heterocycles. The fourth-order valence-corrected chi connectivity index (χ4v) is 9.21. The second-order valence-corrected chi connectivity index (χ2v) is 14.6. The zero-order valence-corrected chi connectivity index (χ0v) is 28.4. The fraction of sp³-hybridized carbons (Fsp3) is 0. The summed E-state index contributed by atoms with van der Waals surface area (Å²) < 4.78 is 4.98. The summed E-state index contributed by atoms with van der Waals surface area (Å²) >= 11 is 3.62. The molecular formula is C45H27N3S2. The Kier molecular flexibility index (Phi) is 6.86. The molecule has 234 valence electrons. The third kappa shape index (κ3) is 4.98. The lowest BCUT2D eigenvalue weighted by Crippen LogP contribution is -2.00. The minimum Gasteiger partial charge on any atom is -0.208 e. The zero-order chi connectivity index (χ0) is 33.0. The van der Waals surface area contributed by atoms with Crippen LogP contribution < -0.4 is 0 Å². The molecule has 0 saturated carbocycles. The second kappa shape index (κ2) is 11.8. The van der Waals surface area contributed by atoms with E-state index in [2.05, 4.69) is 158 Å². The van der Waals surface area contributed by atoms with Gasteiger partial charge in [0, 0.05) is 57.0 Å². The van der Waals surface area contributed by atoms with Crippen LogP contribution in [0.5, 0.6) is 0 Å². The molecule has 10 aromatic rings. The third-order valence-electron chi connectivity index (χ3n) is 9.36. The average Bonchev–Trinajstić information content (AvgIpc) is 3.76. The van der Waals surface area contributed by atoms with Crippen LogP contribution in [0.4, 0.5) is 0 Å². The van der Waals surface area contributed by atoms with Crippen molar-refractivity contribution < 1.29 is 0 Å².